The van der Waals surface area contributed by atoms with Gasteiger partial charge in [0.2, 0.25) is 5.91 Å². The van der Waals surface area contributed by atoms with Crippen LogP contribution < -0.4 is 10.1 Å². The topological polar surface area (TPSA) is 75.6 Å². The molecule has 0 radical (unpaired) electrons. The van der Waals surface area contributed by atoms with Gasteiger partial charge in [-0.3, -0.25) is 4.79 Å². The Morgan fingerprint density at radius 2 is 1.89 bits per heavy atom. The van der Waals surface area contributed by atoms with Gasteiger partial charge in [-0.1, -0.05) is 12.1 Å². The highest BCUT2D eigenvalue weighted by atomic mass is 19.4. The van der Waals surface area contributed by atoms with Gasteiger partial charge < -0.3 is 15.2 Å². The molecular formula is C11H10F3NO4. The van der Waals surface area contributed by atoms with Crippen LogP contribution in [0, 0.1) is 0 Å². The van der Waals surface area contributed by atoms with Crippen molar-refractivity contribution >= 4 is 17.6 Å². The average Bonchev–Trinajstić information content (AvgIpc) is 2.25. The zero-order valence-corrected chi connectivity index (χ0v) is 9.53. The summed E-state index contributed by atoms with van der Waals surface area (Å²) in [5.74, 6) is -2.50. The van der Waals surface area contributed by atoms with Gasteiger partial charge in [-0.25, -0.2) is 4.79 Å². The molecule has 0 aliphatic carbocycles. The van der Waals surface area contributed by atoms with Crippen molar-refractivity contribution in [2.24, 2.45) is 0 Å². The molecule has 0 saturated heterocycles. The first kappa shape index (κ1) is 14.8. The Kier molecular flexibility index (Phi) is 4.74. The lowest BCUT2D eigenvalue weighted by molar-refractivity contribution is -0.150. The fraction of sp³-hybridized carbons (Fsp3) is 0.273. The van der Waals surface area contributed by atoms with E-state index >= 15 is 0 Å². The van der Waals surface area contributed by atoms with Crippen molar-refractivity contribution in [3.05, 3.63) is 24.3 Å². The smallest absolute Gasteiger partial charge is 0.397 e. The number of benzene rings is 1. The summed E-state index contributed by atoms with van der Waals surface area (Å²) in [5.41, 5.74) is -0.0157. The van der Waals surface area contributed by atoms with Crippen LogP contribution in [0.5, 0.6) is 5.75 Å². The number of ether oxygens (including phenoxy) is 1. The van der Waals surface area contributed by atoms with E-state index in [1.54, 1.807) is 0 Å². The van der Waals surface area contributed by atoms with Gasteiger partial charge in [-0.15, -0.1) is 0 Å². The van der Waals surface area contributed by atoms with Crippen molar-refractivity contribution in [2.75, 3.05) is 11.9 Å². The molecule has 0 unspecified atom stereocenters. The zero-order valence-electron chi connectivity index (χ0n) is 9.53. The summed E-state index contributed by atoms with van der Waals surface area (Å²) >= 11 is 0. The van der Waals surface area contributed by atoms with Crippen LogP contribution in [0.4, 0.5) is 18.9 Å². The average molecular weight is 277 g/mol. The third-order valence-corrected chi connectivity index (χ3v) is 1.87. The van der Waals surface area contributed by atoms with Gasteiger partial charge in [0.05, 0.1) is 5.69 Å². The molecule has 0 heterocycles. The van der Waals surface area contributed by atoms with Gasteiger partial charge >= 0.3 is 12.1 Å². The summed E-state index contributed by atoms with van der Waals surface area (Å²) in [4.78, 5) is 21.4. The standard InChI is InChI=1S/C11H10F3NO4/c12-11(13,14)5-9(16)15-7-3-1-2-4-8(7)19-6-10(17)18/h1-4H,5-6H2,(H,15,16)(H,17,18). The first-order valence-electron chi connectivity index (χ1n) is 5.08. The summed E-state index contributed by atoms with van der Waals surface area (Å²) in [6, 6.07) is 5.62. The molecule has 104 valence electrons. The molecule has 2 N–H and O–H groups in total. The number of rotatable bonds is 5. The third-order valence-electron chi connectivity index (χ3n) is 1.87. The Morgan fingerprint density at radius 1 is 1.26 bits per heavy atom. The molecule has 0 aliphatic rings. The summed E-state index contributed by atoms with van der Waals surface area (Å²) in [7, 11) is 0. The maximum Gasteiger partial charge on any atom is 0.397 e. The van der Waals surface area contributed by atoms with Crippen molar-refractivity contribution in [1.82, 2.24) is 0 Å². The van der Waals surface area contributed by atoms with Crippen LogP contribution >= 0.6 is 0 Å². The van der Waals surface area contributed by atoms with E-state index < -0.39 is 31.1 Å². The lowest BCUT2D eigenvalue weighted by Gasteiger charge is -2.12. The lowest BCUT2D eigenvalue weighted by Crippen LogP contribution is -2.21. The van der Waals surface area contributed by atoms with Crippen molar-refractivity contribution in [2.45, 2.75) is 12.6 Å². The van der Waals surface area contributed by atoms with Gasteiger partial charge in [0.15, 0.2) is 6.61 Å². The number of carbonyl (C=O) groups excluding carboxylic acids is 1. The molecule has 0 bridgehead atoms. The molecule has 1 rings (SSSR count). The molecule has 1 amide bonds. The second kappa shape index (κ2) is 6.07. The Hall–Kier alpha value is -2.25. The maximum atomic E-state index is 12.0. The van der Waals surface area contributed by atoms with E-state index in [0.717, 1.165) is 0 Å². The minimum atomic E-state index is -4.61. The Balaban J connectivity index is 2.72. The molecule has 8 heteroatoms. The van der Waals surface area contributed by atoms with E-state index in [2.05, 4.69) is 0 Å². The van der Waals surface area contributed by atoms with Crippen molar-refractivity contribution in [1.29, 1.82) is 0 Å². The summed E-state index contributed by atoms with van der Waals surface area (Å²) in [6.45, 7) is -0.661. The molecular weight excluding hydrogens is 267 g/mol. The quantitative estimate of drug-likeness (QED) is 0.863. The van der Waals surface area contributed by atoms with Crippen molar-refractivity contribution in [3.8, 4) is 5.75 Å². The van der Waals surface area contributed by atoms with E-state index in [9.17, 15) is 22.8 Å². The number of para-hydroxylation sites is 2. The fourth-order valence-corrected chi connectivity index (χ4v) is 1.21. The van der Waals surface area contributed by atoms with Crippen molar-refractivity contribution < 1.29 is 32.6 Å². The van der Waals surface area contributed by atoms with Crippen LogP contribution in [-0.2, 0) is 9.59 Å². The SMILES string of the molecule is O=C(O)COc1ccccc1NC(=O)CC(F)(F)F. The summed E-state index contributed by atoms with van der Waals surface area (Å²) in [6.07, 6.45) is -6.23. The lowest BCUT2D eigenvalue weighted by atomic mass is 10.2. The van der Waals surface area contributed by atoms with Gasteiger partial charge in [0, 0.05) is 0 Å². The number of anilines is 1. The highest BCUT2D eigenvalue weighted by Gasteiger charge is 2.31. The molecule has 0 atom stereocenters. The monoisotopic (exact) mass is 277 g/mol. The van der Waals surface area contributed by atoms with Crippen LogP contribution in [0.3, 0.4) is 0 Å². The van der Waals surface area contributed by atoms with E-state index in [1.807, 2.05) is 5.32 Å². The normalized spacial score (nSPS) is 10.9. The molecule has 0 aromatic heterocycles. The number of halogens is 3. The Labute approximate surface area is 106 Å². The van der Waals surface area contributed by atoms with E-state index in [0.29, 0.717) is 0 Å². The molecule has 1 aromatic rings. The third kappa shape index (κ3) is 5.75. The van der Waals surface area contributed by atoms with Gasteiger partial charge in [0.25, 0.3) is 0 Å². The number of carboxylic acid groups (broad SMARTS) is 1. The van der Waals surface area contributed by atoms with Crippen LogP contribution in [0.25, 0.3) is 0 Å². The zero-order chi connectivity index (χ0) is 14.5. The first-order valence-corrected chi connectivity index (χ1v) is 5.08. The number of aliphatic carboxylic acids is 1. The second-order valence-corrected chi connectivity index (χ2v) is 3.52. The van der Waals surface area contributed by atoms with Gasteiger partial charge in [0.1, 0.15) is 12.2 Å². The van der Waals surface area contributed by atoms with Crippen LogP contribution in [0.2, 0.25) is 0 Å². The predicted molar refractivity (Wildman–Crippen MR) is 58.9 cm³/mol. The maximum absolute atomic E-state index is 12.0. The van der Waals surface area contributed by atoms with Gasteiger partial charge in [-0.2, -0.15) is 13.2 Å². The number of carbonyl (C=O) groups is 2. The minimum absolute atomic E-state index is 0.0135. The highest BCUT2D eigenvalue weighted by Crippen LogP contribution is 2.25. The fourth-order valence-electron chi connectivity index (χ4n) is 1.21. The number of hydrogen-bond donors (Lipinski definition) is 2. The Bertz CT molecular complexity index is 473. The number of alkyl halides is 3. The Morgan fingerprint density at radius 3 is 2.47 bits per heavy atom. The predicted octanol–water partition coefficient (Wildman–Crippen LogP) is 2.04. The van der Waals surface area contributed by atoms with E-state index in [1.165, 1.54) is 24.3 Å². The minimum Gasteiger partial charge on any atom is -0.480 e. The number of nitrogens with one attached hydrogen (secondary N) is 1. The number of carboxylic acids is 1. The molecule has 0 aliphatic heterocycles. The summed E-state index contributed by atoms with van der Waals surface area (Å²) < 4.78 is 40.8. The first-order chi connectivity index (χ1) is 8.78. The number of hydrogen-bond acceptors (Lipinski definition) is 3. The molecule has 19 heavy (non-hydrogen) atoms. The molecule has 0 fully saturated rings. The molecule has 0 saturated carbocycles. The van der Waals surface area contributed by atoms with Gasteiger partial charge in [-0.05, 0) is 12.1 Å². The van der Waals surface area contributed by atoms with Crippen LogP contribution in [0.15, 0.2) is 24.3 Å². The van der Waals surface area contributed by atoms with E-state index in [4.69, 9.17) is 9.84 Å². The van der Waals surface area contributed by atoms with Crippen LogP contribution in [0.1, 0.15) is 6.42 Å². The summed E-state index contributed by atoms with van der Waals surface area (Å²) in [5, 5.41) is 10.5. The number of amides is 1. The molecule has 1 aromatic carbocycles. The highest BCUT2D eigenvalue weighted by molar-refractivity contribution is 5.92. The largest absolute Gasteiger partial charge is 0.480 e. The molecule has 0 spiro atoms. The molecule has 5 nitrogen and oxygen atoms in total. The van der Waals surface area contributed by atoms with Crippen LogP contribution in [-0.4, -0.2) is 29.8 Å². The van der Waals surface area contributed by atoms with Crippen molar-refractivity contribution in [3.63, 3.8) is 0 Å². The second-order valence-electron chi connectivity index (χ2n) is 3.52. The van der Waals surface area contributed by atoms with E-state index in [-0.39, 0.29) is 11.4 Å².